The number of benzene rings is 2. The van der Waals surface area contributed by atoms with Crippen LogP contribution >= 0.6 is 0 Å². The highest BCUT2D eigenvalue weighted by molar-refractivity contribution is 5.34. The number of halogens is 4. The van der Waals surface area contributed by atoms with E-state index < -0.39 is 29.4 Å². The summed E-state index contributed by atoms with van der Waals surface area (Å²) in [5.74, 6) is -3.24. The maximum absolute atomic E-state index is 15.1. The third-order valence-electron chi connectivity index (χ3n) is 8.24. The number of ether oxygens (including phenoxy) is 2. The van der Waals surface area contributed by atoms with Crippen molar-refractivity contribution in [2.24, 2.45) is 5.92 Å². The van der Waals surface area contributed by atoms with Crippen molar-refractivity contribution in [2.45, 2.75) is 102 Å². The Hall–Kier alpha value is -2.08. The Balaban J connectivity index is 1.35. The highest BCUT2D eigenvalue weighted by Crippen LogP contribution is 2.41. The van der Waals surface area contributed by atoms with Gasteiger partial charge >= 0.3 is 0 Å². The summed E-state index contributed by atoms with van der Waals surface area (Å²) in [5.41, 5.74) is 0.903. The SMILES string of the molecule is CCCCCCCOc1ccc(C2CCC(c3ccc(C4CCC(C)CC4)c(F)c3F)OC2)c(F)c1F. The van der Waals surface area contributed by atoms with Gasteiger partial charge in [-0.15, -0.1) is 0 Å². The van der Waals surface area contributed by atoms with Gasteiger partial charge in [0.2, 0.25) is 5.82 Å². The van der Waals surface area contributed by atoms with Gasteiger partial charge in [0.05, 0.1) is 19.3 Å². The zero-order valence-electron chi connectivity index (χ0n) is 22.1. The molecule has 1 heterocycles. The van der Waals surface area contributed by atoms with E-state index in [0.717, 1.165) is 57.8 Å². The van der Waals surface area contributed by atoms with Crippen LogP contribution in [0.25, 0.3) is 0 Å². The quantitative estimate of drug-likeness (QED) is 0.229. The minimum absolute atomic E-state index is 0.0577. The van der Waals surface area contributed by atoms with Gasteiger partial charge < -0.3 is 9.47 Å². The van der Waals surface area contributed by atoms with Gasteiger partial charge in [0, 0.05) is 11.5 Å². The number of hydrogen-bond acceptors (Lipinski definition) is 2. The van der Waals surface area contributed by atoms with Gasteiger partial charge in [-0.3, -0.25) is 0 Å². The summed E-state index contributed by atoms with van der Waals surface area (Å²) >= 11 is 0. The van der Waals surface area contributed by atoms with Crippen LogP contribution in [0.5, 0.6) is 5.75 Å². The summed E-state index contributed by atoms with van der Waals surface area (Å²) in [4.78, 5) is 0. The van der Waals surface area contributed by atoms with Gasteiger partial charge in [0.1, 0.15) is 0 Å². The predicted molar refractivity (Wildman–Crippen MR) is 138 cm³/mol. The first kappa shape index (κ1) is 27.9. The summed E-state index contributed by atoms with van der Waals surface area (Å²) in [6.07, 6.45) is 9.33. The molecular weight excluding hydrogens is 480 g/mol. The van der Waals surface area contributed by atoms with E-state index in [2.05, 4.69) is 13.8 Å². The van der Waals surface area contributed by atoms with Crippen LogP contribution < -0.4 is 4.74 Å². The van der Waals surface area contributed by atoms with E-state index in [1.807, 2.05) is 0 Å². The largest absolute Gasteiger partial charge is 0.490 e. The van der Waals surface area contributed by atoms with Crippen molar-refractivity contribution < 1.29 is 27.0 Å². The predicted octanol–water partition coefficient (Wildman–Crippen LogP) is 9.52. The molecule has 2 aliphatic rings. The molecule has 0 bridgehead atoms. The minimum Gasteiger partial charge on any atom is -0.490 e. The van der Waals surface area contributed by atoms with E-state index in [1.54, 1.807) is 18.2 Å². The standard InChI is InChI=1S/C31H40F4O2/c1-3-4-5-6-7-18-36-27-17-15-24(29(33)31(27)35)22-12-16-26(37-19-22)25-14-13-23(28(32)30(25)34)21-10-8-20(2)9-11-21/h13-15,17,20-22,26H,3-12,16,18-19H2,1-2H3. The second-order valence-electron chi connectivity index (χ2n) is 11.0. The van der Waals surface area contributed by atoms with E-state index in [9.17, 15) is 8.78 Å². The first-order chi connectivity index (χ1) is 17.9. The first-order valence-corrected chi connectivity index (χ1v) is 14.1. The summed E-state index contributed by atoms with van der Waals surface area (Å²) < 4.78 is 71.0. The molecule has 1 aliphatic carbocycles. The molecule has 1 saturated heterocycles. The van der Waals surface area contributed by atoms with Gasteiger partial charge in [-0.1, -0.05) is 70.6 Å². The summed E-state index contributed by atoms with van der Waals surface area (Å²) in [5, 5.41) is 0. The molecule has 2 aromatic carbocycles. The van der Waals surface area contributed by atoms with Crippen molar-refractivity contribution in [1.82, 2.24) is 0 Å². The molecule has 37 heavy (non-hydrogen) atoms. The van der Waals surface area contributed by atoms with Crippen LogP contribution in [0.1, 0.15) is 119 Å². The number of unbranched alkanes of at least 4 members (excludes halogenated alkanes) is 4. The normalized spacial score (nSPS) is 24.3. The molecule has 4 rings (SSSR count). The average molecular weight is 521 g/mol. The molecule has 2 nitrogen and oxygen atoms in total. The lowest BCUT2D eigenvalue weighted by molar-refractivity contribution is -0.000719. The Morgan fingerprint density at radius 3 is 2.00 bits per heavy atom. The van der Waals surface area contributed by atoms with E-state index in [1.165, 1.54) is 6.07 Å². The third-order valence-corrected chi connectivity index (χ3v) is 8.24. The zero-order chi connectivity index (χ0) is 26.4. The Bertz CT molecular complexity index is 1020. The van der Waals surface area contributed by atoms with Crippen molar-refractivity contribution in [3.8, 4) is 5.75 Å². The molecule has 1 aliphatic heterocycles. The Labute approximate surface area is 218 Å². The van der Waals surface area contributed by atoms with E-state index in [4.69, 9.17) is 9.47 Å². The van der Waals surface area contributed by atoms with Crippen LogP contribution in [0.15, 0.2) is 24.3 Å². The summed E-state index contributed by atoms with van der Waals surface area (Å²) in [6.45, 7) is 4.81. The molecule has 204 valence electrons. The van der Waals surface area contributed by atoms with Crippen LogP contribution in [0.3, 0.4) is 0 Å². The van der Waals surface area contributed by atoms with Crippen LogP contribution in [-0.2, 0) is 4.74 Å². The maximum Gasteiger partial charge on any atom is 0.200 e. The van der Waals surface area contributed by atoms with Crippen molar-refractivity contribution in [2.75, 3.05) is 13.2 Å². The monoisotopic (exact) mass is 520 g/mol. The molecule has 1 saturated carbocycles. The van der Waals surface area contributed by atoms with Gasteiger partial charge in [0.25, 0.3) is 0 Å². The molecule has 2 aromatic rings. The minimum atomic E-state index is -0.978. The second kappa shape index (κ2) is 13.1. The molecule has 0 aromatic heterocycles. The van der Waals surface area contributed by atoms with Crippen molar-refractivity contribution >= 4 is 0 Å². The van der Waals surface area contributed by atoms with Crippen LogP contribution in [-0.4, -0.2) is 13.2 Å². The number of hydrogen-bond donors (Lipinski definition) is 0. The van der Waals surface area contributed by atoms with E-state index in [-0.39, 0.29) is 35.3 Å². The maximum atomic E-state index is 15.1. The highest BCUT2D eigenvalue weighted by atomic mass is 19.2. The van der Waals surface area contributed by atoms with Crippen molar-refractivity contribution in [1.29, 1.82) is 0 Å². The lowest BCUT2D eigenvalue weighted by Gasteiger charge is -2.31. The highest BCUT2D eigenvalue weighted by Gasteiger charge is 2.31. The molecular formula is C31H40F4O2. The smallest absolute Gasteiger partial charge is 0.200 e. The molecule has 2 unspecified atom stereocenters. The molecule has 2 fully saturated rings. The Morgan fingerprint density at radius 1 is 0.703 bits per heavy atom. The lowest BCUT2D eigenvalue weighted by atomic mass is 9.79. The molecule has 6 heteroatoms. The molecule has 0 N–H and O–H groups in total. The summed E-state index contributed by atoms with van der Waals surface area (Å²) in [6, 6.07) is 6.39. The van der Waals surface area contributed by atoms with Crippen molar-refractivity contribution in [3.63, 3.8) is 0 Å². The van der Waals surface area contributed by atoms with Gasteiger partial charge in [-0.25, -0.2) is 13.2 Å². The first-order valence-electron chi connectivity index (χ1n) is 14.1. The molecule has 0 radical (unpaired) electrons. The van der Waals surface area contributed by atoms with Crippen LogP contribution in [0.2, 0.25) is 0 Å². The lowest BCUT2D eigenvalue weighted by Crippen LogP contribution is -2.22. The van der Waals surface area contributed by atoms with Gasteiger partial charge in [-0.2, -0.15) is 4.39 Å². The van der Waals surface area contributed by atoms with Crippen molar-refractivity contribution in [3.05, 3.63) is 64.2 Å². The Kier molecular flexibility index (Phi) is 9.91. The fourth-order valence-electron chi connectivity index (χ4n) is 5.82. The van der Waals surface area contributed by atoms with Crippen LogP contribution in [0.4, 0.5) is 17.6 Å². The summed E-state index contributed by atoms with van der Waals surface area (Å²) in [7, 11) is 0. The Morgan fingerprint density at radius 2 is 1.30 bits per heavy atom. The fraction of sp³-hybridized carbons (Fsp3) is 0.613. The molecule has 0 spiro atoms. The van der Waals surface area contributed by atoms with Crippen LogP contribution in [0, 0.1) is 29.2 Å². The van der Waals surface area contributed by atoms with Gasteiger partial charge in [-0.05, 0) is 61.1 Å². The van der Waals surface area contributed by atoms with Gasteiger partial charge in [0.15, 0.2) is 23.2 Å². The fourth-order valence-corrected chi connectivity index (χ4v) is 5.82. The topological polar surface area (TPSA) is 18.5 Å². The number of rotatable bonds is 10. The molecule has 0 amide bonds. The average Bonchev–Trinajstić information content (AvgIpc) is 2.91. The van der Waals surface area contributed by atoms with E-state index >= 15 is 8.78 Å². The van der Waals surface area contributed by atoms with E-state index in [0.29, 0.717) is 30.9 Å². The zero-order valence-corrected chi connectivity index (χ0v) is 22.1. The molecule has 2 atom stereocenters. The second-order valence-corrected chi connectivity index (χ2v) is 11.0. The third kappa shape index (κ3) is 6.68.